The number of halogens is 3. The third-order valence-electron chi connectivity index (χ3n) is 4.34. The van der Waals surface area contributed by atoms with Gasteiger partial charge in [0.15, 0.2) is 17.5 Å². The van der Waals surface area contributed by atoms with E-state index in [1.165, 1.54) is 13.2 Å². The van der Waals surface area contributed by atoms with Gasteiger partial charge in [0.05, 0.1) is 13.7 Å². The number of ether oxygens (including phenoxy) is 4. The topological polar surface area (TPSA) is 73.3 Å². The number of rotatable bonds is 11. The standard InChI is InChI=1S/C22H29F2N3O4.HI/c1-15-5-7-17(19(11-15)30-10-9-28-3)14-27-22(25-2)26-13-16-6-8-18(29-4)20(12-16)31-21(23)24;/h5-8,11-12,21H,9-10,13-14H2,1-4H3,(H2,25,26,27);1H. The zero-order valence-corrected chi connectivity index (χ0v) is 20.9. The summed E-state index contributed by atoms with van der Waals surface area (Å²) in [5.41, 5.74) is 2.81. The number of alkyl halides is 2. The van der Waals surface area contributed by atoms with Crippen molar-refractivity contribution in [3.63, 3.8) is 0 Å². The highest BCUT2D eigenvalue weighted by molar-refractivity contribution is 14.0. The number of hydrogen-bond acceptors (Lipinski definition) is 5. The van der Waals surface area contributed by atoms with E-state index in [1.807, 2.05) is 25.1 Å². The summed E-state index contributed by atoms with van der Waals surface area (Å²) in [6, 6.07) is 10.8. The smallest absolute Gasteiger partial charge is 0.387 e. The lowest BCUT2D eigenvalue weighted by Crippen LogP contribution is -2.36. The Morgan fingerprint density at radius 1 is 0.969 bits per heavy atom. The van der Waals surface area contributed by atoms with E-state index in [1.54, 1.807) is 26.3 Å². The van der Waals surface area contributed by atoms with Crippen LogP contribution in [0.3, 0.4) is 0 Å². The number of aliphatic imine (C=N–C) groups is 1. The Labute approximate surface area is 204 Å². The summed E-state index contributed by atoms with van der Waals surface area (Å²) in [6.07, 6.45) is 0. The van der Waals surface area contributed by atoms with Crippen molar-refractivity contribution in [1.29, 1.82) is 0 Å². The van der Waals surface area contributed by atoms with Crippen molar-refractivity contribution in [1.82, 2.24) is 10.6 Å². The maximum Gasteiger partial charge on any atom is 0.387 e. The predicted molar refractivity (Wildman–Crippen MR) is 131 cm³/mol. The van der Waals surface area contributed by atoms with Crippen LogP contribution in [-0.2, 0) is 17.8 Å². The molecule has 2 rings (SSSR count). The molecule has 0 unspecified atom stereocenters. The van der Waals surface area contributed by atoms with Crippen molar-refractivity contribution in [3.8, 4) is 17.2 Å². The number of nitrogens with zero attached hydrogens (tertiary/aromatic N) is 1. The van der Waals surface area contributed by atoms with Crippen molar-refractivity contribution in [2.75, 3.05) is 34.5 Å². The number of guanidine groups is 1. The molecule has 2 aromatic carbocycles. The monoisotopic (exact) mass is 565 g/mol. The molecule has 0 radical (unpaired) electrons. The molecule has 0 spiro atoms. The molecule has 0 amide bonds. The normalized spacial score (nSPS) is 11.0. The molecule has 32 heavy (non-hydrogen) atoms. The second-order valence-corrected chi connectivity index (χ2v) is 6.60. The van der Waals surface area contributed by atoms with Gasteiger partial charge in [-0.15, -0.1) is 24.0 Å². The quantitative estimate of drug-likeness (QED) is 0.185. The Morgan fingerprint density at radius 2 is 1.72 bits per heavy atom. The molecule has 10 heteroatoms. The highest BCUT2D eigenvalue weighted by atomic mass is 127. The van der Waals surface area contributed by atoms with Crippen LogP contribution in [0.15, 0.2) is 41.4 Å². The number of nitrogens with one attached hydrogen (secondary N) is 2. The van der Waals surface area contributed by atoms with Crippen molar-refractivity contribution in [2.45, 2.75) is 26.6 Å². The Morgan fingerprint density at radius 3 is 2.38 bits per heavy atom. The molecule has 0 aromatic heterocycles. The first kappa shape index (κ1) is 27.7. The first-order valence-corrected chi connectivity index (χ1v) is 9.74. The average Bonchev–Trinajstić information content (AvgIpc) is 2.75. The second-order valence-electron chi connectivity index (χ2n) is 6.60. The van der Waals surface area contributed by atoms with Gasteiger partial charge in [-0.2, -0.15) is 8.78 Å². The van der Waals surface area contributed by atoms with Crippen molar-refractivity contribution in [3.05, 3.63) is 53.1 Å². The molecular formula is C22H30F2IN3O4. The van der Waals surface area contributed by atoms with Gasteiger partial charge >= 0.3 is 6.61 Å². The SMILES string of the molecule is CN=C(NCc1ccc(OC)c(OC(F)F)c1)NCc1ccc(C)cc1OCCOC.I. The first-order chi connectivity index (χ1) is 15.0. The van der Waals surface area contributed by atoms with Crippen LogP contribution in [0.1, 0.15) is 16.7 Å². The van der Waals surface area contributed by atoms with Gasteiger partial charge in [-0.25, -0.2) is 0 Å². The highest BCUT2D eigenvalue weighted by Crippen LogP contribution is 2.29. The molecule has 178 valence electrons. The fraction of sp³-hybridized carbons (Fsp3) is 0.409. The summed E-state index contributed by atoms with van der Waals surface area (Å²) >= 11 is 0. The average molecular weight is 565 g/mol. The number of hydrogen-bond donors (Lipinski definition) is 2. The Bertz CT molecular complexity index is 869. The lowest BCUT2D eigenvalue weighted by atomic mass is 10.1. The summed E-state index contributed by atoms with van der Waals surface area (Å²) in [5.74, 6) is 1.56. The minimum atomic E-state index is -2.93. The third kappa shape index (κ3) is 9.03. The van der Waals surface area contributed by atoms with Crippen molar-refractivity contribution >= 4 is 29.9 Å². The molecule has 0 aliphatic rings. The van der Waals surface area contributed by atoms with Gasteiger partial charge in [-0.3, -0.25) is 4.99 Å². The van der Waals surface area contributed by atoms with Gasteiger partial charge in [0.25, 0.3) is 0 Å². The molecule has 0 fully saturated rings. The van der Waals surface area contributed by atoms with Crippen LogP contribution in [0.2, 0.25) is 0 Å². The van der Waals surface area contributed by atoms with E-state index in [9.17, 15) is 8.78 Å². The van der Waals surface area contributed by atoms with Crippen LogP contribution >= 0.6 is 24.0 Å². The molecule has 0 aliphatic heterocycles. The van der Waals surface area contributed by atoms with E-state index >= 15 is 0 Å². The molecule has 0 aliphatic carbocycles. The summed E-state index contributed by atoms with van der Waals surface area (Å²) < 4.78 is 45.7. The van der Waals surface area contributed by atoms with Crippen LogP contribution in [0.5, 0.6) is 17.2 Å². The van der Waals surface area contributed by atoms with Gasteiger partial charge in [0.2, 0.25) is 0 Å². The van der Waals surface area contributed by atoms with Crippen molar-refractivity contribution < 1.29 is 27.7 Å². The fourth-order valence-corrected chi connectivity index (χ4v) is 2.78. The number of benzene rings is 2. The van der Waals surface area contributed by atoms with Gasteiger partial charge in [0.1, 0.15) is 12.4 Å². The molecule has 2 aromatic rings. The van der Waals surface area contributed by atoms with E-state index in [2.05, 4.69) is 20.4 Å². The Hall–Kier alpha value is -2.34. The molecule has 0 saturated heterocycles. The summed E-state index contributed by atoms with van der Waals surface area (Å²) in [5, 5.41) is 6.38. The lowest BCUT2D eigenvalue weighted by Gasteiger charge is -2.16. The molecule has 0 bridgehead atoms. The Balaban J connectivity index is 0.00000512. The summed E-state index contributed by atoms with van der Waals surface area (Å²) in [6.45, 7) is 0.881. The second kappa shape index (κ2) is 14.7. The summed E-state index contributed by atoms with van der Waals surface area (Å²) in [4.78, 5) is 4.20. The van der Waals surface area contributed by atoms with Crippen LogP contribution in [-0.4, -0.2) is 47.1 Å². The molecule has 0 atom stereocenters. The number of aryl methyl sites for hydroxylation is 1. The first-order valence-electron chi connectivity index (χ1n) is 9.74. The van der Waals surface area contributed by atoms with Crippen molar-refractivity contribution in [2.24, 2.45) is 4.99 Å². The zero-order valence-electron chi connectivity index (χ0n) is 18.6. The zero-order chi connectivity index (χ0) is 22.6. The van der Waals surface area contributed by atoms with E-state index in [0.717, 1.165) is 22.4 Å². The molecule has 0 heterocycles. The van der Waals surface area contributed by atoms with Gasteiger partial charge in [-0.05, 0) is 36.2 Å². The van der Waals surface area contributed by atoms with Crippen LogP contribution in [0.25, 0.3) is 0 Å². The van der Waals surface area contributed by atoms with Gasteiger partial charge in [0, 0.05) is 32.8 Å². The lowest BCUT2D eigenvalue weighted by molar-refractivity contribution is -0.0512. The van der Waals surface area contributed by atoms with E-state index in [-0.39, 0.29) is 35.5 Å². The molecular weight excluding hydrogens is 535 g/mol. The van der Waals surface area contributed by atoms with Gasteiger partial charge < -0.3 is 29.6 Å². The van der Waals surface area contributed by atoms with E-state index < -0.39 is 6.61 Å². The van der Waals surface area contributed by atoms with E-state index in [4.69, 9.17) is 14.2 Å². The maximum absolute atomic E-state index is 12.6. The minimum absolute atomic E-state index is 0. The Kier molecular flexibility index (Phi) is 12.7. The van der Waals surface area contributed by atoms with E-state index in [0.29, 0.717) is 32.3 Å². The number of methoxy groups -OCH3 is 2. The highest BCUT2D eigenvalue weighted by Gasteiger charge is 2.12. The summed E-state index contributed by atoms with van der Waals surface area (Å²) in [7, 11) is 4.68. The maximum atomic E-state index is 12.6. The molecule has 2 N–H and O–H groups in total. The van der Waals surface area contributed by atoms with Gasteiger partial charge in [-0.1, -0.05) is 18.2 Å². The van der Waals surface area contributed by atoms with Crippen LogP contribution < -0.4 is 24.8 Å². The fourth-order valence-electron chi connectivity index (χ4n) is 2.78. The predicted octanol–water partition coefficient (Wildman–Crippen LogP) is 4.11. The van der Waals surface area contributed by atoms with Crippen LogP contribution in [0.4, 0.5) is 8.78 Å². The third-order valence-corrected chi connectivity index (χ3v) is 4.34. The largest absolute Gasteiger partial charge is 0.493 e. The molecule has 7 nitrogen and oxygen atoms in total. The molecule has 0 saturated carbocycles. The minimum Gasteiger partial charge on any atom is -0.493 e. The van der Waals surface area contributed by atoms with Crippen LogP contribution in [0, 0.1) is 6.92 Å².